The minimum atomic E-state index is -4.11. The molecule has 1 aromatic rings. The van der Waals surface area contributed by atoms with Gasteiger partial charge in [0.05, 0.1) is 13.2 Å². The number of benzene rings is 1. The number of hydrogen-bond donors (Lipinski definition) is 0. The van der Waals surface area contributed by atoms with E-state index in [0.717, 1.165) is 37.8 Å². The van der Waals surface area contributed by atoms with Crippen molar-refractivity contribution in [1.82, 2.24) is 0 Å². The molecule has 2 fully saturated rings. The van der Waals surface area contributed by atoms with Crippen molar-refractivity contribution in [2.75, 3.05) is 13.2 Å². The van der Waals surface area contributed by atoms with Crippen LogP contribution in [0.1, 0.15) is 43.1 Å². The van der Waals surface area contributed by atoms with Crippen LogP contribution in [0.15, 0.2) is 24.8 Å². The Morgan fingerprint density at radius 2 is 1.54 bits per heavy atom. The molecule has 0 amide bonds. The average molecular weight is 393 g/mol. The summed E-state index contributed by atoms with van der Waals surface area (Å²) in [5.74, 6) is -1.57. The molecular formula is C19H21ClF4O2. The molecule has 3 rings (SSSR count). The number of allylic oxidation sites excluding steroid dienone is 1. The second-order valence-electron chi connectivity index (χ2n) is 7.03. The van der Waals surface area contributed by atoms with Crippen LogP contribution in [0, 0.1) is 29.4 Å². The lowest BCUT2D eigenvalue weighted by molar-refractivity contribution is -0.214. The van der Waals surface area contributed by atoms with Gasteiger partial charge in [0, 0.05) is 11.5 Å². The number of halogens is 5. The van der Waals surface area contributed by atoms with Crippen molar-refractivity contribution in [3.8, 4) is 0 Å². The highest BCUT2D eigenvalue weighted by Crippen LogP contribution is 2.40. The first-order valence-electron chi connectivity index (χ1n) is 8.71. The fraction of sp³-hybridized carbons (Fsp3) is 0.579. The summed E-state index contributed by atoms with van der Waals surface area (Å²) in [6.07, 6.45) is 5.36. The van der Waals surface area contributed by atoms with Gasteiger partial charge in [0.2, 0.25) is 0 Å². The van der Waals surface area contributed by atoms with E-state index in [-0.39, 0.29) is 11.5 Å². The van der Waals surface area contributed by atoms with Gasteiger partial charge in [-0.3, -0.25) is 0 Å². The van der Waals surface area contributed by atoms with Gasteiger partial charge in [-0.05, 0) is 61.3 Å². The molecular weight excluding hydrogens is 372 g/mol. The van der Waals surface area contributed by atoms with Crippen molar-refractivity contribution in [2.24, 2.45) is 17.8 Å². The zero-order valence-electron chi connectivity index (χ0n) is 14.2. The highest BCUT2D eigenvalue weighted by atomic mass is 35.5. The van der Waals surface area contributed by atoms with Gasteiger partial charge in [0.25, 0.3) is 0 Å². The summed E-state index contributed by atoms with van der Waals surface area (Å²) in [5.41, 5.74) is -1.44. The molecule has 26 heavy (non-hydrogen) atoms. The first kappa shape index (κ1) is 19.6. The minimum absolute atomic E-state index is 0.0264. The van der Waals surface area contributed by atoms with E-state index in [0.29, 0.717) is 25.0 Å². The Labute approximate surface area is 155 Å². The van der Waals surface area contributed by atoms with Crippen LogP contribution in [0.4, 0.5) is 17.6 Å². The van der Waals surface area contributed by atoms with Crippen LogP contribution in [-0.4, -0.2) is 13.2 Å². The summed E-state index contributed by atoms with van der Waals surface area (Å²) in [7, 11) is 0. The molecule has 0 aromatic heterocycles. The molecule has 2 aliphatic rings. The summed E-state index contributed by atoms with van der Waals surface area (Å²) in [5, 5.41) is -4.11. The average Bonchev–Trinajstić information content (AvgIpc) is 2.60. The molecule has 0 bridgehead atoms. The van der Waals surface area contributed by atoms with Gasteiger partial charge >= 0.3 is 5.38 Å². The molecule has 1 heterocycles. The lowest BCUT2D eigenvalue weighted by Gasteiger charge is -2.37. The molecule has 0 N–H and O–H groups in total. The summed E-state index contributed by atoms with van der Waals surface area (Å²) in [4.78, 5) is 0. The summed E-state index contributed by atoms with van der Waals surface area (Å²) < 4.78 is 65.2. The molecule has 7 heteroatoms. The normalized spacial score (nSPS) is 30.2. The molecule has 144 valence electrons. The van der Waals surface area contributed by atoms with Crippen LogP contribution in [-0.2, 0) is 14.9 Å². The van der Waals surface area contributed by atoms with E-state index in [1.165, 1.54) is 0 Å². The van der Waals surface area contributed by atoms with Crippen LogP contribution in [0.5, 0.6) is 0 Å². The molecule has 1 aliphatic heterocycles. The third-order valence-electron chi connectivity index (χ3n) is 5.36. The van der Waals surface area contributed by atoms with Crippen LogP contribution >= 0.6 is 11.6 Å². The molecule has 1 saturated heterocycles. The van der Waals surface area contributed by atoms with Crippen LogP contribution < -0.4 is 0 Å². The smallest absolute Gasteiger partial charge is 0.348 e. The van der Waals surface area contributed by atoms with Crippen LogP contribution in [0.2, 0.25) is 0 Å². The molecule has 2 nitrogen and oxygen atoms in total. The van der Waals surface area contributed by atoms with Gasteiger partial charge in [0.1, 0.15) is 17.2 Å². The molecule has 0 spiro atoms. The Hall–Kier alpha value is -1.11. The van der Waals surface area contributed by atoms with Crippen LogP contribution in [0.25, 0.3) is 0 Å². The monoisotopic (exact) mass is 392 g/mol. The second kappa shape index (κ2) is 7.87. The highest BCUT2D eigenvalue weighted by Gasteiger charge is 2.37. The van der Waals surface area contributed by atoms with Crippen molar-refractivity contribution in [2.45, 2.75) is 37.4 Å². The summed E-state index contributed by atoms with van der Waals surface area (Å²) >= 11 is 4.75. The zero-order valence-corrected chi connectivity index (χ0v) is 15.0. The standard InChI is InChI=1S/C19H21ClF4O2/c1-2-11-3-5-12(6-4-11)14-9-25-18(26-10-14)13-7-15(21)17(16(22)8-13)19(20,23)24/h2,7-8,11-12,14,18H,1,3-6,9-10H2. The van der Waals surface area contributed by atoms with Gasteiger partial charge < -0.3 is 9.47 Å². The first-order chi connectivity index (χ1) is 12.3. The third-order valence-corrected chi connectivity index (χ3v) is 5.55. The van der Waals surface area contributed by atoms with E-state index >= 15 is 0 Å². The fourth-order valence-corrected chi connectivity index (χ4v) is 4.02. The molecule has 0 radical (unpaired) electrons. The highest BCUT2D eigenvalue weighted by molar-refractivity contribution is 6.21. The van der Waals surface area contributed by atoms with Crippen molar-refractivity contribution in [3.05, 3.63) is 47.5 Å². The Morgan fingerprint density at radius 1 is 1.00 bits per heavy atom. The van der Waals surface area contributed by atoms with E-state index in [2.05, 4.69) is 6.58 Å². The molecule has 0 unspecified atom stereocenters. The van der Waals surface area contributed by atoms with Gasteiger partial charge in [-0.25, -0.2) is 8.78 Å². The Morgan fingerprint density at radius 3 is 2.00 bits per heavy atom. The number of ether oxygens (including phenoxy) is 2. The van der Waals surface area contributed by atoms with Gasteiger partial charge in [-0.1, -0.05) is 6.08 Å². The maximum atomic E-state index is 13.9. The maximum absolute atomic E-state index is 13.9. The third kappa shape index (κ3) is 4.24. The topological polar surface area (TPSA) is 18.5 Å². The summed E-state index contributed by atoms with van der Waals surface area (Å²) in [6.45, 7) is 4.65. The Bertz CT molecular complexity index is 622. The predicted molar refractivity (Wildman–Crippen MR) is 89.9 cm³/mol. The number of alkyl halides is 3. The molecule has 1 aromatic carbocycles. The SMILES string of the molecule is C=CC1CCC(C2COC(c3cc(F)c(C(F)(F)Cl)c(F)c3)OC2)CC1. The van der Waals surface area contributed by atoms with E-state index < -0.39 is 28.9 Å². The minimum Gasteiger partial charge on any atom is -0.348 e. The first-order valence-corrected chi connectivity index (χ1v) is 9.09. The molecule has 0 atom stereocenters. The van der Waals surface area contributed by atoms with E-state index in [1.807, 2.05) is 6.08 Å². The van der Waals surface area contributed by atoms with E-state index in [1.54, 1.807) is 0 Å². The predicted octanol–water partition coefficient (Wildman–Crippen LogP) is 5.91. The van der Waals surface area contributed by atoms with Crippen molar-refractivity contribution >= 4 is 11.6 Å². The zero-order chi connectivity index (χ0) is 18.9. The van der Waals surface area contributed by atoms with Gasteiger partial charge in [0.15, 0.2) is 6.29 Å². The molecule has 1 saturated carbocycles. The second-order valence-corrected chi connectivity index (χ2v) is 7.50. The van der Waals surface area contributed by atoms with Crippen molar-refractivity contribution in [3.63, 3.8) is 0 Å². The Kier molecular flexibility index (Phi) is 5.94. The summed E-state index contributed by atoms with van der Waals surface area (Å²) in [6, 6.07) is 1.57. The van der Waals surface area contributed by atoms with Crippen molar-refractivity contribution < 1.29 is 27.0 Å². The number of hydrogen-bond acceptors (Lipinski definition) is 2. The number of rotatable bonds is 4. The maximum Gasteiger partial charge on any atom is 0.353 e. The van der Waals surface area contributed by atoms with E-state index in [9.17, 15) is 17.6 Å². The lowest BCUT2D eigenvalue weighted by Crippen LogP contribution is -2.34. The van der Waals surface area contributed by atoms with Crippen LogP contribution in [0.3, 0.4) is 0 Å². The Balaban J connectivity index is 1.63. The molecule has 1 aliphatic carbocycles. The van der Waals surface area contributed by atoms with Crippen molar-refractivity contribution in [1.29, 1.82) is 0 Å². The fourth-order valence-electron chi connectivity index (χ4n) is 3.83. The van der Waals surface area contributed by atoms with Gasteiger partial charge in [-0.2, -0.15) is 8.78 Å². The largest absolute Gasteiger partial charge is 0.353 e. The van der Waals surface area contributed by atoms with E-state index in [4.69, 9.17) is 21.1 Å². The lowest BCUT2D eigenvalue weighted by atomic mass is 9.76. The quantitative estimate of drug-likeness (QED) is 0.360. The van der Waals surface area contributed by atoms with Gasteiger partial charge in [-0.15, -0.1) is 6.58 Å².